The van der Waals surface area contributed by atoms with Crippen LogP contribution in [-0.4, -0.2) is 49.4 Å². The highest BCUT2D eigenvalue weighted by Gasteiger charge is 2.37. The lowest BCUT2D eigenvalue weighted by atomic mass is 10.1. The molecule has 3 amide bonds. The lowest BCUT2D eigenvalue weighted by Gasteiger charge is -2.15. The topological polar surface area (TPSA) is 136 Å². The van der Waals surface area contributed by atoms with Crippen molar-refractivity contribution in [3.05, 3.63) is 68.6 Å². The zero-order chi connectivity index (χ0) is 27.5. The normalized spacial score (nSPS) is 15.3. The second-order valence-electron chi connectivity index (χ2n) is 7.71. The molecule has 0 radical (unpaired) electrons. The van der Waals surface area contributed by atoms with E-state index >= 15 is 0 Å². The van der Waals surface area contributed by atoms with Crippen LogP contribution in [0.3, 0.4) is 0 Å². The fraction of sp³-hybridized carbons (Fsp3) is 0.182. The number of alkyl halides is 3. The van der Waals surface area contributed by atoms with Gasteiger partial charge in [-0.05, 0) is 53.2 Å². The number of hydrogen-bond donors (Lipinski definition) is 3. The van der Waals surface area contributed by atoms with Gasteiger partial charge in [0.05, 0.1) is 16.7 Å². The Morgan fingerprint density at radius 3 is 2.51 bits per heavy atom. The number of amides is 3. The van der Waals surface area contributed by atoms with Crippen molar-refractivity contribution in [2.75, 3.05) is 18.1 Å². The molecule has 15 heteroatoms. The molecule has 2 aromatic rings. The average Bonchev–Trinajstić information content (AvgIpc) is 3.04. The van der Waals surface area contributed by atoms with E-state index in [1.807, 2.05) is 0 Å². The van der Waals surface area contributed by atoms with E-state index < -0.39 is 45.4 Å². The van der Waals surface area contributed by atoms with E-state index in [-0.39, 0.29) is 22.0 Å². The first-order valence-electron chi connectivity index (χ1n) is 10.2. The molecule has 0 unspecified atom stereocenters. The number of thioether (sulfide) groups is 1. The van der Waals surface area contributed by atoms with Crippen molar-refractivity contribution in [2.24, 2.45) is 0 Å². The van der Waals surface area contributed by atoms with E-state index in [4.69, 9.17) is 17.0 Å². The highest BCUT2D eigenvalue weighted by molar-refractivity contribution is 8.18. The molecule has 9 nitrogen and oxygen atoms in total. The maximum absolute atomic E-state index is 13.3. The van der Waals surface area contributed by atoms with Gasteiger partial charge in [-0.1, -0.05) is 23.7 Å². The molecule has 0 saturated carbocycles. The van der Waals surface area contributed by atoms with Gasteiger partial charge in [-0.2, -0.15) is 13.2 Å². The molecule has 0 spiro atoms. The summed E-state index contributed by atoms with van der Waals surface area (Å²) in [5.74, 6) is -1.86. The van der Waals surface area contributed by atoms with Gasteiger partial charge in [0, 0.05) is 29.0 Å². The van der Waals surface area contributed by atoms with Crippen molar-refractivity contribution in [3.63, 3.8) is 0 Å². The molecule has 0 bridgehead atoms. The Kier molecular flexibility index (Phi) is 8.35. The first-order valence-corrected chi connectivity index (χ1v) is 13.3. The van der Waals surface area contributed by atoms with Gasteiger partial charge in [0.15, 0.2) is 0 Å². The third-order valence-corrected chi connectivity index (χ3v) is 6.59. The Morgan fingerprint density at radius 2 is 1.89 bits per heavy atom. The lowest BCUT2D eigenvalue weighted by Crippen LogP contribution is -2.41. The summed E-state index contributed by atoms with van der Waals surface area (Å²) in [6, 6.07) is 7.92. The first-order chi connectivity index (χ1) is 17.2. The molecule has 1 aliphatic rings. The van der Waals surface area contributed by atoms with Crippen molar-refractivity contribution < 1.29 is 36.0 Å². The van der Waals surface area contributed by atoms with Gasteiger partial charge < -0.3 is 10.7 Å². The van der Waals surface area contributed by atoms with Gasteiger partial charge in [-0.3, -0.25) is 24.0 Å². The van der Waals surface area contributed by atoms with Crippen LogP contribution in [0, 0.1) is 5.41 Å². The fourth-order valence-electron chi connectivity index (χ4n) is 3.28. The number of carbonyl (C=O) groups is 3. The quantitative estimate of drug-likeness (QED) is 0.319. The second-order valence-corrected chi connectivity index (χ2v) is 10.9. The number of nitrogens with one attached hydrogen (secondary N) is 3. The number of hydrogen-bond acceptors (Lipinski definition) is 8. The fourth-order valence-corrected chi connectivity index (χ4v) is 4.77. The molecule has 3 N–H and O–H groups in total. The van der Waals surface area contributed by atoms with Crippen LogP contribution in [0.1, 0.15) is 22.3 Å². The van der Waals surface area contributed by atoms with Gasteiger partial charge in [0.25, 0.3) is 17.1 Å². The molecule has 2 aromatic carbocycles. The summed E-state index contributed by atoms with van der Waals surface area (Å²) in [5.41, 5.74) is 0.105. The van der Waals surface area contributed by atoms with Crippen LogP contribution in [0.4, 0.5) is 23.7 Å². The zero-order valence-corrected chi connectivity index (χ0v) is 21.2. The molecule has 1 aliphatic heterocycles. The standard InChI is InChI=1S/C22H18ClF3N4O5S2/c1-37(34,35)29-19(31)11-30-20(32)18(36-21(30)33)7-12-2-5-17(14(6-12)9-27)28-10-13-3-4-15(23)8-16(13)22(24,25)26/h2-9,27-28H,10-11H2,1H3,(H,29,31)/b18-7-,27-9?. The predicted molar refractivity (Wildman–Crippen MR) is 134 cm³/mol. The second kappa shape index (κ2) is 10.9. The largest absolute Gasteiger partial charge is 0.416 e. The third kappa shape index (κ3) is 7.33. The van der Waals surface area contributed by atoms with Crippen molar-refractivity contribution in [2.45, 2.75) is 12.7 Å². The number of rotatable bonds is 8. The van der Waals surface area contributed by atoms with Crippen molar-refractivity contribution in [1.29, 1.82) is 5.41 Å². The summed E-state index contributed by atoms with van der Waals surface area (Å²) in [5, 5.41) is 9.69. The molecule has 0 aliphatic carbocycles. The van der Waals surface area contributed by atoms with Crippen LogP contribution in [0.2, 0.25) is 5.02 Å². The van der Waals surface area contributed by atoms with Gasteiger partial charge >= 0.3 is 6.18 Å². The van der Waals surface area contributed by atoms with Crippen LogP contribution in [0.5, 0.6) is 0 Å². The molecule has 1 saturated heterocycles. The first kappa shape index (κ1) is 28.2. The van der Waals surface area contributed by atoms with Crippen LogP contribution in [-0.2, 0) is 32.3 Å². The Balaban J connectivity index is 1.77. The number of imide groups is 1. The Hall–Kier alpha value is -3.36. The van der Waals surface area contributed by atoms with E-state index in [1.54, 1.807) is 4.72 Å². The molecule has 3 rings (SSSR count). The van der Waals surface area contributed by atoms with Gasteiger partial charge in [-0.25, -0.2) is 8.42 Å². The minimum atomic E-state index is -4.61. The monoisotopic (exact) mass is 574 g/mol. The summed E-state index contributed by atoms with van der Waals surface area (Å²) < 4.78 is 64.0. The molecule has 37 heavy (non-hydrogen) atoms. The van der Waals surface area contributed by atoms with Crippen molar-refractivity contribution in [1.82, 2.24) is 9.62 Å². The average molecular weight is 575 g/mol. The zero-order valence-electron chi connectivity index (χ0n) is 18.8. The van der Waals surface area contributed by atoms with Crippen LogP contribution < -0.4 is 10.0 Å². The van der Waals surface area contributed by atoms with E-state index in [0.29, 0.717) is 33.5 Å². The van der Waals surface area contributed by atoms with Gasteiger partial charge in [0.2, 0.25) is 10.0 Å². The molecular formula is C22H18ClF3N4O5S2. The van der Waals surface area contributed by atoms with Crippen LogP contribution >= 0.6 is 23.4 Å². The minimum absolute atomic E-state index is 0.0372. The van der Waals surface area contributed by atoms with Gasteiger partial charge in [0.1, 0.15) is 6.54 Å². The smallest absolute Gasteiger partial charge is 0.380 e. The summed E-state index contributed by atoms with van der Waals surface area (Å²) in [6.07, 6.45) is -1.54. The Bertz CT molecular complexity index is 1430. The summed E-state index contributed by atoms with van der Waals surface area (Å²) in [4.78, 5) is 37.1. The Morgan fingerprint density at radius 1 is 1.19 bits per heavy atom. The molecule has 1 fully saturated rings. The van der Waals surface area contributed by atoms with E-state index in [1.165, 1.54) is 36.4 Å². The van der Waals surface area contributed by atoms with E-state index in [0.717, 1.165) is 18.5 Å². The number of nitrogens with zero attached hydrogens (tertiary/aromatic N) is 1. The molecule has 196 valence electrons. The summed E-state index contributed by atoms with van der Waals surface area (Å²) in [6.45, 7) is -0.991. The SMILES string of the molecule is CS(=O)(=O)NC(=O)CN1C(=O)S/C(=C\c2ccc(NCc3ccc(Cl)cc3C(F)(F)F)c(C=N)c2)C1=O. The summed E-state index contributed by atoms with van der Waals surface area (Å²) in [7, 11) is -3.87. The lowest BCUT2D eigenvalue weighted by molar-refractivity contribution is -0.138. The number of benzene rings is 2. The van der Waals surface area contributed by atoms with E-state index in [9.17, 15) is 36.0 Å². The number of halogens is 4. The van der Waals surface area contributed by atoms with Gasteiger partial charge in [-0.15, -0.1) is 0 Å². The maximum Gasteiger partial charge on any atom is 0.416 e. The van der Waals surface area contributed by atoms with Crippen molar-refractivity contribution >= 4 is 68.4 Å². The highest BCUT2D eigenvalue weighted by Crippen LogP contribution is 2.35. The van der Waals surface area contributed by atoms with E-state index in [2.05, 4.69) is 5.32 Å². The number of carbonyl (C=O) groups excluding carboxylic acids is 3. The molecule has 0 aromatic heterocycles. The van der Waals surface area contributed by atoms with Crippen LogP contribution in [0.25, 0.3) is 6.08 Å². The van der Waals surface area contributed by atoms with Crippen molar-refractivity contribution in [3.8, 4) is 0 Å². The number of anilines is 1. The Labute approximate surface area is 218 Å². The minimum Gasteiger partial charge on any atom is -0.380 e. The molecule has 1 heterocycles. The molecule has 0 atom stereocenters. The summed E-state index contributed by atoms with van der Waals surface area (Å²) >= 11 is 6.25. The number of sulfonamides is 1. The third-order valence-electron chi connectivity index (χ3n) is 4.85. The van der Waals surface area contributed by atoms with Crippen LogP contribution in [0.15, 0.2) is 41.3 Å². The predicted octanol–water partition coefficient (Wildman–Crippen LogP) is 4.08. The highest BCUT2D eigenvalue weighted by atomic mass is 35.5. The maximum atomic E-state index is 13.3. The molecular weight excluding hydrogens is 557 g/mol.